The number of benzene rings is 1. The van der Waals surface area contributed by atoms with Crippen molar-refractivity contribution >= 4 is 27.0 Å². The first-order chi connectivity index (χ1) is 11.6. The summed E-state index contributed by atoms with van der Waals surface area (Å²) in [5.41, 5.74) is 1.10. The molecule has 0 spiro atoms. The van der Waals surface area contributed by atoms with Gasteiger partial charge in [-0.2, -0.15) is 0 Å². The Balaban J connectivity index is 1.43. The molecule has 3 aliphatic rings. The first-order valence-corrected chi connectivity index (χ1v) is 11.5. The molecule has 24 heavy (non-hydrogen) atoms. The first-order valence-electron chi connectivity index (χ1n) is 8.63. The number of alkyl halides is 1. The molecule has 0 amide bonds. The molecule has 0 aromatic heterocycles. The van der Waals surface area contributed by atoms with Gasteiger partial charge in [0.2, 0.25) is 0 Å². The topological polar surface area (TPSA) is 20.1 Å². The summed E-state index contributed by atoms with van der Waals surface area (Å²) in [6.07, 6.45) is 9.73. The molecule has 130 valence electrons. The number of carbonyl (C=O) groups is 1. The molecule has 0 N–H and O–H groups in total. The first kappa shape index (κ1) is 17.3. The van der Waals surface area contributed by atoms with Crippen LogP contribution in [0.15, 0.2) is 36.4 Å². The summed E-state index contributed by atoms with van der Waals surface area (Å²) in [5.74, 6) is 0.409. The third kappa shape index (κ3) is 3.17. The monoisotopic (exact) mass is 476 g/mol. The van der Waals surface area contributed by atoms with Crippen LogP contribution in [-0.2, 0) is 4.79 Å². The van der Waals surface area contributed by atoms with E-state index in [9.17, 15) is 4.79 Å². The second-order valence-electron chi connectivity index (χ2n) is 7.07. The molecule has 1 saturated heterocycles. The Morgan fingerprint density at radius 2 is 2.00 bits per heavy atom. The summed E-state index contributed by atoms with van der Waals surface area (Å²) < 4.78 is 2.89. The number of carbonyl (C=O) groups excluding carboxylic acids is 1. The van der Waals surface area contributed by atoms with Crippen LogP contribution >= 0.6 is 23.2 Å². The zero-order valence-corrected chi connectivity index (χ0v) is 17.1. The Labute approximate surface area is 164 Å². The van der Waals surface area contributed by atoms with Gasteiger partial charge in [0.05, 0.1) is 0 Å². The predicted octanol–water partition coefficient (Wildman–Crippen LogP) is 1.97. The Morgan fingerprint density at radius 3 is 2.62 bits per heavy atom. The van der Waals surface area contributed by atoms with Crippen molar-refractivity contribution in [2.75, 3.05) is 6.54 Å². The second-order valence-corrected chi connectivity index (χ2v) is 10.7. The average molecular weight is 477 g/mol. The molecule has 2 fully saturated rings. The van der Waals surface area contributed by atoms with Crippen LogP contribution in [0.1, 0.15) is 43.7 Å². The fraction of sp³-hybridized carbons (Fsp3) is 0.526. The van der Waals surface area contributed by atoms with Crippen LogP contribution in [0.25, 0.3) is 0 Å². The summed E-state index contributed by atoms with van der Waals surface area (Å²) in [7, 11) is 0. The minimum absolute atomic E-state index is 0.0750. The summed E-state index contributed by atoms with van der Waals surface area (Å²) in [6.45, 7) is 0.989. The van der Waals surface area contributed by atoms with Gasteiger partial charge in [-0.1, -0.05) is 0 Å². The summed E-state index contributed by atoms with van der Waals surface area (Å²) in [6, 6.07) is 8.38. The third-order valence-corrected chi connectivity index (χ3v) is 9.56. The van der Waals surface area contributed by atoms with Gasteiger partial charge in [-0.25, -0.2) is 0 Å². The van der Waals surface area contributed by atoms with Gasteiger partial charge in [-0.15, -0.1) is 0 Å². The van der Waals surface area contributed by atoms with Crippen molar-refractivity contribution in [3.63, 3.8) is 0 Å². The van der Waals surface area contributed by atoms with Gasteiger partial charge in [-0.05, 0) is 0 Å². The zero-order valence-electron chi connectivity index (χ0n) is 13.4. The van der Waals surface area contributed by atoms with E-state index < -0.39 is 21.5 Å². The summed E-state index contributed by atoms with van der Waals surface area (Å²) in [5, 5.41) is 0.975. The predicted molar refractivity (Wildman–Crippen MR) is 93.7 cm³/mol. The molecule has 4 rings (SSSR count). The van der Waals surface area contributed by atoms with Crippen molar-refractivity contribution in [2.24, 2.45) is 11.3 Å². The van der Waals surface area contributed by atoms with Crippen molar-refractivity contribution in [3.05, 3.63) is 47.0 Å². The molecule has 4 unspecified atom stereocenters. The van der Waals surface area contributed by atoms with Crippen molar-refractivity contribution in [1.82, 2.24) is 3.11 Å². The van der Waals surface area contributed by atoms with Crippen LogP contribution in [0.3, 0.4) is 0 Å². The normalized spacial score (nSPS) is 33.9. The molecular formula is C19H21Cl2INO-. The number of rotatable bonds is 5. The van der Waals surface area contributed by atoms with Crippen LogP contribution < -0.4 is 21.5 Å². The van der Waals surface area contributed by atoms with Crippen molar-refractivity contribution < 1.29 is 26.3 Å². The van der Waals surface area contributed by atoms with Gasteiger partial charge in [0, 0.05) is 0 Å². The molecule has 2 nitrogen and oxygen atoms in total. The van der Waals surface area contributed by atoms with E-state index in [0.717, 1.165) is 37.3 Å². The van der Waals surface area contributed by atoms with Gasteiger partial charge < -0.3 is 0 Å². The van der Waals surface area contributed by atoms with E-state index in [0.29, 0.717) is 15.7 Å². The molecule has 1 saturated carbocycles. The van der Waals surface area contributed by atoms with E-state index >= 15 is 0 Å². The van der Waals surface area contributed by atoms with E-state index in [1.54, 1.807) is 0 Å². The standard InChI is InChI=1S/C19H21Cl2INO/c20-14-8-6-13(7-9-14)19(10-3-11-19)18(24)22-23-12-17(23)15-4-1-2-5-16(15)21/h1-2,4-6,8,13-14,17H,3,7,9-12H2/q-1. The van der Waals surface area contributed by atoms with Crippen LogP contribution in [0.5, 0.6) is 0 Å². The molecule has 2 aliphatic carbocycles. The number of hydrogen-bond donors (Lipinski definition) is 0. The Morgan fingerprint density at radius 1 is 1.21 bits per heavy atom. The number of hydrogen-bond acceptors (Lipinski definition) is 2. The van der Waals surface area contributed by atoms with Crippen LogP contribution in [0.4, 0.5) is 0 Å². The molecule has 1 aliphatic heterocycles. The van der Waals surface area contributed by atoms with Crippen molar-refractivity contribution in [1.29, 1.82) is 0 Å². The SMILES string of the molecule is O=C([I-]N1CC1c1ccccc1Cl)C1(C2C=CC(Cl)CC2)CCC1. The molecule has 0 radical (unpaired) electrons. The van der Waals surface area contributed by atoms with Crippen LogP contribution in [-0.4, -0.2) is 18.8 Å². The van der Waals surface area contributed by atoms with Gasteiger partial charge in [0.1, 0.15) is 0 Å². The van der Waals surface area contributed by atoms with E-state index in [1.807, 2.05) is 18.2 Å². The van der Waals surface area contributed by atoms with Gasteiger partial charge in [0.25, 0.3) is 0 Å². The molecule has 0 bridgehead atoms. The van der Waals surface area contributed by atoms with Crippen LogP contribution in [0, 0.1) is 11.3 Å². The number of allylic oxidation sites excluding steroid dienone is 2. The summed E-state index contributed by atoms with van der Waals surface area (Å²) in [4.78, 5) is 13.1. The minimum atomic E-state index is -0.579. The van der Waals surface area contributed by atoms with Gasteiger partial charge >= 0.3 is 165 Å². The molecule has 1 aromatic rings. The molecule has 1 heterocycles. The quantitative estimate of drug-likeness (QED) is 0.162. The maximum atomic E-state index is 13.1. The van der Waals surface area contributed by atoms with E-state index in [-0.39, 0.29) is 10.8 Å². The molecular weight excluding hydrogens is 456 g/mol. The third-order valence-electron chi connectivity index (χ3n) is 5.65. The van der Waals surface area contributed by atoms with E-state index in [1.165, 1.54) is 12.0 Å². The second kappa shape index (κ2) is 6.90. The number of nitrogens with zero attached hydrogens (tertiary/aromatic N) is 1. The van der Waals surface area contributed by atoms with Crippen molar-refractivity contribution in [2.45, 2.75) is 43.5 Å². The molecule has 5 heteroatoms. The van der Waals surface area contributed by atoms with Crippen molar-refractivity contribution in [3.8, 4) is 0 Å². The Bertz CT molecular complexity index is 673. The van der Waals surface area contributed by atoms with Gasteiger partial charge in [0.15, 0.2) is 0 Å². The van der Waals surface area contributed by atoms with E-state index in [4.69, 9.17) is 23.2 Å². The van der Waals surface area contributed by atoms with Crippen LogP contribution in [0.2, 0.25) is 5.02 Å². The molecule has 1 aromatic carbocycles. The zero-order chi connectivity index (χ0) is 16.7. The Hall–Kier alpha value is -0.100. The molecule has 4 atom stereocenters. The Kier molecular flexibility index (Phi) is 4.98. The fourth-order valence-corrected chi connectivity index (χ4v) is 7.57. The summed E-state index contributed by atoms with van der Waals surface area (Å²) >= 11 is 11.9. The fourth-order valence-electron chi connectivity index (χ4n) is 3.91. The van der Waals surface area contributed by atoms with E-state index in [2.05, 4.69) is 21.3 Å². The average Bonchev–Trinajstić information content (AvgIpc) is 3.27. The number of halogens is 3. The maximum absolute atomic E-state index is 13.1. The van der Waals surface area contributed by atoms with Gasteiger partial charge in [-0.3, -0.25) is 0 Å².